The molecule has 25 heavy (non-hydrogen) atoms. The summed E-state index contributed by atoms with van der Waals surface area (Å²) in [5.41, 5.74) is -0.917. The summed E-state index contributed by atoms with van der Waals surface area (Å²) < 4.78 is 45.1. The van der Waals surface area contributed by atoms with Crippen LogP contribution in [0.1, 0.15) is 26.3 Å². The smallest absolute Gasteiger partial charge is 0.418 e. The first kappa shape index (κ1) is 17.9. The van der Waals surface area contributed by atoms with E-state index < -0.39 is 17.3 Å². The van der Waals surface area contributed by atoms with Crippen LogP contribution < -0.4 is 4.90 Å². The van der Waals surface area contributed by atoms with Gasteiger partial charge in [-0.05, 0) is 32.9 Å². The maximum atomic E-state index is 13.2. The lowest BCUT2D eigenvalue weighted by Crippen LogP contribution is -2.37. The van der Waals surface area contributed by atoms with Gasteiger partial charge in [0.25, 0.3) is 0 Å². The van der Waals surface area contributed by atoms with Gasteiger partial charge in [-0.25, -0.2) is 4.79 Å². The highest BCUT2D eigenvalue weighted by atomic mass is 19.4. The molecule has 2 unspecified atom stereocenters. The highest BCUT2D eigenvalue weighted by Crippen LogP contribution is 2.40. The molecule has 3 rings (SSSR count). The van der Waals surface area contributed by atoms with Crippen molar-refractivity contribution in [1.29, 1.82) is 0 Å². The summed E-state index contributed by atoms with van der Waals surface area (Å²) in [5.74, 6) is 0.350. The molecule has 4 nitrogen and oxygen atoms in total. The molecule has 2 saturated heterocycles. The van der Waals surface area contributed by atoms with Crippen LogP contribution in [-0.2, 0) is 10.9 Å². The topological polar surface area (TPSA) is 32.8 Å². The lowest BCUT2D eigenvalue weighted by molar-refractivity contribution is -0.137. The summed E-state index contributed by atoms with van der Waals surface area (Å²) in [6.07, 6.45) is -4.71. The number of amides is 1. The Morgan fingerprint density at radius 3 is 2.12 bits per heavy atom. The van der Waals surface area contributed by atoms with Crippen molar-refractivity contribution in [1.82, 2.24) is 4.90 Å². The van der Waals surface area contributed by atoms with Crippen LogP contribution in [-0.4, -0.2) is 42.8 Å². The highest BCUT2D eigenvalue weighted by molar-refractivity contribution is 5.69. The molecule has 2 aliphatic rings. The van der Waals surface area contributed by atoms with Crippen molar-refractivity contribution in [3.63, 3.8) is 0 Å². The van der Waals surface area contributed by atoms with E-state index in [0.717, 1.165) is 6.07 Å². The number of benzene rings is 1. The van der Waals surface area contributed by atoms with Gasteiger partial charge in [-0.3, -0.25) is 0 Å². The van der Waals surface area contributed by atoms with E-state index in [1.54, 1.807) is 15.9 Å². The monoisotopic (exact) mass is 356 g/mol. The zero-order chi connectivity index (χ0) is 18.4. The SMILES string of the molecule is CC(C)(C)OC(=O)N1CC2CN(c3ccccc3C(F)(F)F)CC2C1. The zero-order valence-corrected chi connectivity index (χ0v) is 14.6. The molecule has 1 amide bonds. The predicted octanol–water partition coefficient (Wildman–Crippen LogP) is 4.01. The number of ether oxygens (including phenoxy) is 1. The first-order valence-corrected chi connectivity index (χ1v) is 8.44. The molecular formula is C18H23F3N2O2. The Bertz CT molecular complexity index is 640. The largest absolute Gasteiger partial charge is 0.444 e. The van der Waals surface area contributed by atoms with Crippen molar-refractivity contribution in [3.8, 4) is 0 Å². The van der Waals surface area contributed by atoms with E-state index in [1.807, 2.05) is 20.8 Å². The molecule has 1 aromatic carbocycles. The third-order valence-corrected chi connectivity index (χ3v) is 4.69. The molecule has 2 fully saturated rings. The second kappa shape index (κ2) is 6.11. The van der Waals surface area contributed by atoms with E-state index in [9.17, 15) is 18.0 Å². The minimum Gasteiger partial charge on any atom is -0.444 e. The number of rotatable bonds is 1. The van der Waals surface area contributed by atoms with Gasteiger partial charge in [0.15, 0.2) is 0 Å². The predicted molar refractivity (Wildman–Crippen MR) is 88.4 cm³/mol. The standard InChI is InChI=1S/C18H23F3N2O2/c1-17(2,3)25-16(24)23-10-12-8-22(9-13(12)11-23)15-7-5-4-6-14(15)18(19,20)21/h4-7,12-13H,8-11H2,1-3H3. The normalized spacial score (nSPS) is 23.8. The molecule has 0 radical (unpaired) electrons. The Balaban J connectivity index is 1.68. The number of hydrogen-bond donors (Lipinski definition) is 0. The number of alkyl halides is 3. The Hall–Kier alpha value is -1.92. The lowest BCUT2D eigenvalue weighted by Gasteiger charge is -2.27. The Morgan fingerprint density at radius 2 is 1.60 bits per heavy atom. The van der Waals surface area contributed by atoms with Crippen LogP contribution in [0.15, 0.2) is 24.3 Å². The fourth-order valence-corrected chi connectivity index (χ4v) is 3.65. The molecule has 2 heterocycles. The number of carbonyl (C=O) groups is 1. The van der Waals surface area contributed by atoms with Crippen LogP contribution in [0.4, 0.5) is 23.7 Å². The molecule has 2 aliphatic heterocycles. The van der Waals surface area contributed by atoms with Crippen LogP contribution >= 0.6 is 0 Å². The van der Waals surface area contributed by atoms with Gasteiger partial charge in [0.1, 0.15) is 5.60 Å². The molecule has 0 aliphatic carbocycles. The van der Waals surface area contributed by atoms with Crippen LogP contribution in [0.25, 0.3) is 0 Å². The Kier molecular flexibility index (Phi) is 4.37. The fraction of sp³-hybridized carbons (Fsp3) is 0.611. The summed E-state index contributed by atoms with van der Waals surface area (Å²) in [6.45, 7) is 7.56. The van der Waals surface area contributed by atoms with E-state index in [4.69, 9.17) is 4.74 Å². The van der Waals surface area contributed by atoms with Gasteiger partial charge in [-0.2, -0.15) is 13.2 Å². The maximum Gasteiger partial charge on any atom is 0.418 e. The van der Waals surface area contributed by atoms with Gasteiger partial charge in [0, 0.05) is 43.7 Å². The number of halogens is 3. The lowest BCUT2D eigenvalue weighted by atomic mass is 10.0. The van der Waals surface area contributed by atoms with Crippen molar-refractivity contribution in [2.24, 2.45) is 11.8 Å². The number of nitrogens with zero attached hydrogens (tertiary/aromatic N) is 2. The second-order valence-electron chi connectivity index (χ2n) is 7.83. The number of hydrogen-bond acceptors (Lipinski definition) is 3. The number of likely N-dealkylation sites (tertiary alicyclic amines) is 1. The van der Waals surface area contributed by atoms with Crippen molar-refractivity contribution in [3.05, 3.63) is 29.8 Å². The van der Waals surface area contributed by atoms with Crippen molar-refractivity contribution < 1.29 is 22.7 Å². The highest BCUT2D eigenvalue weighted by Gasteiger charge is 2.44. The van der Waals surface area contributed by atoms with Gasteiger partial charge in [0.2, 0.25) is 0 Å². The number of carbonyl (C=O) groups excluding carboxylic acids is 1. The van der Waals surface area contributed by atoms with E-state index in [2.05, 4.69) is 0 Å². The van der Waals surface area contributed by atoms with Gasteiger partial charge < -0.3 is 14.5 Å². The molecule has 2 atom stereocenters. The quantitative estimate of drug-likeness (QED) is 0.762. The van der Waals surface area contributed by atoms with E-state index >= 15 is 0 Å². The molecule has 1 aromatic rings. The van der Waals surface area contributed by atoms with Crippen molar-refractivity contribution in [2.75, 3.05) is 31.1 Å². The Morgan fingerprint density at radius 1 is 1.04 bits per heavy atom. The molecule has 0 N–H and O–H groups in total. The first-order chi connectivity index (χ1) is 11.5. The Labute approximate surface area is 145 Å². The number of fused-ring (bicyclic) bond motifs is 1. The summed E-state index contributed by atoms with van der Waals surface area (Å²) >= 11 is 0. The van der Waals surface area contributed by atoms with Gasteiger partial charge in [0.05, 0.1) is 5.56 Å². The van der Waals surface area contributed by atoms with E-state index in [1.165, 1.54) is 12.1 Å². The molecular weight excluding hydrogens is 333 g/mol. The van der Waals surface area contributed by atoms with Crippen molar-refractivity contribution >= 4 is 11.8 Å². The second-order valence-corrected chi connectivity index (χ2v) is 7.83. The molecule has 0 aromatic heterocycles. The van der Waals surface area contributed by atoms with Crippen LogP contribution in [0, 0.1) is 11.8 Å². The average Bonchev–Trinajstić information content (AvgIpc) is 3.03. The summed E-state index contributed by atoms with van der Waals surface area (Å²) in [5, 5.41) is 0. The van der Waals surface area contributed by atoms with Gasteiger partial charge in [-0.15, -0.1) is 0 Å². The van der Waals surface area contributed by atoms with E-state index in [0.29, 0.717) is 26.2 Å². The maximum absolute atomic E-state index is 13.2. The third-order valence-electron chi connectivity index (χ3n) is 4.69. The third kappa shape index (κ3) is 3.85. The first-order valence-electron chi connectivity index (χ1n) is 8.44. The number of para-hydroxylation sites is 1. The fourth-order valence-electron chi connectivity index (χ4n) is 3.65. The van der Waals surface area contributed by atoms with Gasteiger partial charge in [-0.1, -0.05) is 12.1 Å². The number of anilines is 1. The summed E-state index contributed by atoms with van der Waals surface area (Å²) in [7, 11) is 0. The van der Waals surface area contributed by atoms with Crippen LogP contribution in [0.2, 0.25) is 0 Å². The summed E-state index contributed by atoms with van der Waals surface area (Å²) in [4.78, 5) is 15.6. The minimum absolute atomic E-state index is 0.175. The molecule has 138 valence electrons. The molecule has 7 heteroatoms. The minimum atomic E-state index is -4.36. The van der Waals surface area contributed by atoms with Gasteiger partial charge >= 0.3 is 12.3 Å². The molecule has 0 bridgehead atoms. The van der Waals surface area contributed by atoms with Crippen molar-refractivity contribution in [2.45, 2.75) is 32.5 Å². The molecule has 0 saturated carbocycles. The van der Waals surface area contributed by atoms with E-state index in [-0.39, 0.29) is 23.6 Å². The molecule has 0 spiro atoms. The zero-order valence-electron chi connectivity index (χ0n) is 14.6. The van der Waals surface area contributed by atoms with Crippen LogP contribution in [0.3, 0.4) is 0 Å². The summed E-state index contributed by atoms with van der Waals surface area (Å²) in [6, 6.07) is 5.69. The average molecular weight is 356 g/mol. The van der Waals surface area contributed by atoms with Crippen LogP contribution in [0.5, 0.6) is 0 Å².